The number of likely N-dealkylation sites (N-methyl/N-ethyl adjacent to an activating group) is 1. The zero-order chi connectivity index (χ0) is 31.7. The molecule has 2 N–H and O–H groups in total. The van der Waals surface area contributed by atoms with Gasteiger partial charge in [-0.3, -0.25) is 4.90 Å². The number of hydrogen-bond acceptors (Lipinski definition) is 7. The summed E-state index contributed by atoms with van der Waals surface area (Å²) in [6.45, 7) is 21.1. The first-order chi connectivity index (χ1) is 20.6. The number of ether oxygens (including phenoxy) is 4. The van der Waals surface area contributed by atoms with Gasteiger partial charge in [-0.25, -0.2) is 0 Å². The van der Waals surface area contributed by atoms with Crippen molar-refractivity contribution in [2.75, 3.05) is 33.4 Å². The molecule has 5 aliphatic carbocycles. The number of morpholine rings is 1. The highest BCUT2D eigenvalue weighted by molar-refractivity contribution is 5.33. The normalized spacial score (nSPS) is 53.9. The van der Waals surface area contributed by atoms with Gasteiger partial charge in [0, 0.05) is 25.1 Å². The van der Waals surface area contributed by atoms with Crippen LogP contribution in [0.1, 0.15) is 107 Å². The van der Waals surface area contributed by atoms with Crippen LogP contribution < -0.4 is 0 Å². The fourth-order valence-corrected chi connectivity index (χ4v) is 13.7. The summed E-state index contributed by atoms with van der Waals surface area (Å²) < 4.78 is 25.9. The highest BCUT2D eigenvalue weighted by Crippen LogP contribution is 2.89. The van der Waals surface area contributed by atoms with E-state index in [-0.39, 0.29) is 40.8 Å². The van der Waals surface area contributed by atoms with E-state index in [0.29, 0.717) is 41.1 Å². The summed E-state index contributed by atoms with van der Waals surface area (Å²) in [5.41, 5.74) is -0.361. The average molecular weight is 618 g/mol. The highest BCUT2D eigenvalue weighted by Gasteiger charge is 2.84. The second-order valence-corrected chi connectivity index (χ2v) is 18.3. The Balaban J connectivity index is 1.15. The quantitative estimate of drug-likeness (QED) is 0.399. The fraction of sp³-hybridized carbons (Fsp3) is 1.00. The van der Waals surface area contributed by atoms with E-state index in [1.165, 1.54) is 38.5 Å². The maximum absolute atomic E-state index is 12.5. The number of hydrogen-bond donors (Lipinski definition) is 2. The lowest BCUT2D eigenvalue weighted by atomic mass is 9.41. The van der Waals surface area contributed by atoms with Crippen LogP contribution in [0, 0.1) is 50.7 Å². The molecule has 2 spiro atoms. The summed E-state index contributed by atoms with van der Waals surface area (Å²) in [6.07, 6.45) is 8.21. The predicted octanol–water partition coefficient (Wildman–Crippen LogP) is 5.65. The molecule has 7 fully saturated rings. The smallest absolute Gasteiger partial charge is 0.170 e. The van der Waals surface area contributed by atoms with Crippen molar-refractivity contribution in [1.29, 1.82) is 0 Å². The lowest BCUT2D eigenvalue weighted by Crippen LogP contribution is -2.60. The molecule has 2 aliphatic heterocycles. The molecule has 14 atom stereocenters. The molecule has 0 radical (unpaired) electrons. The maximum Gasteiger partial charge on any atom is 0.170 e. The molecular formula is C37H63NO6. The van der Waals surface area contributed by atoms with Gasteiger partial charge in [0.05, 0.1) is 36.6 Å². The van der Waals surface area contributed by atoms with E-state index in [0.717, 1.165) is 32.5 Å². The summed E-state index contributed by atoms with van der Waals surface area (Å²) in [7, 11) is 2.16. The second-order valence-electron chi connectivity index (χ2n) is 18.3. The van der Waals surface area contributed by atoms with Crippen molar-refractivity contribution in [2.24, 2.45) is 50.7 Å². The number of aliphatic hydroxyl groups excluding tert-OH is 1. The van der Waals surface area contributed by atoms with Crippen LogP contribution in [0.5, 0.6) is 0 Å². The first-order valence-corrected chi connectivity index (χ1v) is 18.2. The van der Waals surface area contributed by atoms with Crippen molar-refractivity contribution in [3.05, 3.63) is 0 Å². The molecule has 2 saturated heterocycles. The van der Waals surface area contributed by atoms with Gasteiger partial charge in [0.25, 0.3) is 0 Å². The van der Waals surface area contributed by atoms with E-state index in [9.17, 15) is 10.2 Å². The average Bonchev–Trinajstić information content (AvgIpc) is 3.57. The summed E-state index contributed by atoms with van der Waals surface area (Å²) >= 11 is 0. The van der Waals surface area contributed by atoms with Crippen LogP contribution in [-0.4, -0.2) is 90.9 Å². The molecule has 252 valence electrons. The third-order valence-corrected chi connectivity index (χ3v) is 15.7. The maximum atomic E-state index is 12.5. The predicted molar refractivity (Wildman–Crippen MR) is 170 cm³/mol. The molecule has 44 heavy (non-hydrogen) atoms. The Bertz CT molecular complexity index is 1110. The van der Waals surface area contributed by atoms with Gasteiger partial charge in [-0.15, -0.1) is 0 Å². The summed E-state index contributed by atoms with van der Waals surface area (Å²) in [5, 5.41) is 23.6. The molecular weight excluding hydrogens is 554 g/mol. The van der Waals surface area contributed by atoms with Gasteiger partial charge in [-0.05, 0) is 125 Å². The molecule has 7 heteroatoms. The van der Waals surface area contributed by atoms with Gasteiger partial charge in [0.15, 0.2) is 6.29 Å². The number of aliphatic hydroxyl groups is 2. The van der Waals surface area contributed by atoms with Crippen molar-refractivity contribution >= 4 is 0 Å². The molecule has 2 heterocycles. The lowest BCUT2D eigenvalue weighted by molar-refractivity contribution is -0.247. The largest absolute Gasteiger partial charge is 0.390 e. The van der Waals surface area contributed by atoms with Gasteiger partial charge < -0.3 is 29.2 Å². The highest BCUT2D eigenvalue weighted by atomic mass is 16.7. The van der Waals surface area contributed by atoms with E-state index >= 15 is 0 Å². The molecule has 0 aromatic carbocycles. The van der Waals surface area contributed by atoms with Crippen LogP contribution in [0.15, 0.2) is 0 Å². The summed E-state index contributed by atoms with van der Waals surface area (Å²) in [4.78, 5) is 2.32. The first kappa shape index (κ1) is 32.3. The van der Waals surface area contributed by atoms with Crippen molar-refractivity contribution in [1.82, 2.24) is 4.90 Å². The van der Waals surface area contributed by atoms with E-state index in [1.807, 2.05) is 20.8 Å². The summed E-state index contributed by atoms with van der Waals surface area (Å²) in [6, 6.07) is 0. The topological polar surface area (TPSA) is 80.6 Å². The Labute approximate surface area is 267 Å². The van der Waals surface area contributed by atoms with Crippen LogP contribution in [0.4, 0.5) is 0 Å². The Hall–Kier alpha value is -0.280. The van der Waals surface area contributed by atoms with Gasteiger partial charge in [0.2, 0.25) is 0 Å². The molecule has 0 amide bonds. The number of fused-ring (bicyclic) bond motifs is 4. The monoisotopic (exact) mass is 617 g/mol. The Morgan fingerprint density at radius 2 is 1.73 bits per heavy atom. The van der Waals surface area contributed by atoms with Crippen molar-refractivity contribution in [3.8, 4) is 0 Å². The second kappa shape index (κ2) is 10.4. The molecule has 0 bridgehead atoms. The zero-order valence-corrected chi connectivity index (χ0v) is 29.2. The minimum Gasteiger partial charge on any atom is -0.390 e. The minimum atomic E-state index is -1.01. The molecule has 0 aromatic heterocycles. The molecule has 0 aromatic rings. The van der Waals surface area contributed by atoms with E-state index in [4.69, 9.17) is 18.9 Å². The first-order valence-electron chi connectivity index (χ1n) is 18.2. The van der Waals surface area contributed by atoms with E-state index in [1.54, 1.807) is 0 Å². The van der Waals surface area contributed by atoms with Crippen molar-refractivity contribution in [3.63, 3.8) is 0 Å². The van der Waals surface area contributed by atoms with Crippen LogP contribution in [-0.2, 0) is 18.9 Å². The van der Waals surface area contributed by atoms with Crippen molar-refractivity contribution in [2.45, 2.75) is 149 Å². The molecule has 7 rings (SSSR count). The van der Waals surface area contributed by atoms with Gasteiger partial charge >= 0.3 is 0 Å². The van der Waals surface area contributed by atoms with E-state index in [2.05, 4.69) is 46.6 Å². The molecule has 5 saturated carbocycles. The van der Waals surface area contributed by atoms with Crippen LogP contribution in [0.3, 0.4) is 0 Å². The fourth-order valence-electron chi connectivity index (χ4n) is 13.7. The third kappa shape index (κ3) is 4.18. The SMILES string of the molecule is CCO[C@@H]([C@H]1C[C@@H](C)[C@H]2[C@H](O1)[C@H](O)[C@@]1(C)[C@@H]3CC[C@H]4C(C)(C)[C@@H](OC5CN(C)CCO5)CC[C@@]45C[C@@]35CC[C@]21C)C(C)(C)O. The Morgan fingerprint density at radius 3 is 2.41 bits per heavy atom. The molecule has 7 aliphatic rings. The lowest BCUT2D eigenvalue weighted by Gasteiger charge is -2.64. The van der Waals surface area contributed by atoms with Crippen LogP contribution in [0.2, 0.25) is 0 Å². The molecule has 7 nitrogen and oxygen atoms in total. The standard InChI is InChI=1S/C37H63NO6/c1-10-41-31(33(5,6)40)23-19-22(2)28-29(43-23)30(39)35(8)25-12-11-24-32(3,4)26(44-27-20-38(9)17-18-42-27)13-14-36(24)21-37(25,36)16-15-34(28,35)7/h22-31,39-40H,10-21H2,1-9H3/t22-,23-,24+,25+,26+,27?,28+,29+,30+,31+,34-,35-,36-,37+/m1/s1. The van der Waals surface area contributed by atoms with Crippen LogP contribution in [0.25, 0.3) is 0 Å². The minimum absolute atomic E-state index is 0.0318. The Morgan fingerprint density at radius 1 is 1.02 bits per heavy atom. The molecule has 1 unspecified atom stereocenters. The van der Waals surface area contributed by atoms with Crippen LogP contribution >= 0.6 is 0 Å². The van der Waals surface area contributed by atoms with Gasteiger partial charge in [-0.2, -0.15) is 0 Å². The Kier molecular flexibility index (Phi) is 7.60. The van der Waals surface area contributed by atoms with Gasteiger partial charge in [-0.1, -0.05) is 34.6 Å². The van der Waals surface area contributed by atoms with Gasteiger partial charge in [0.1, 0.15) is 6.10 Å². The number of nitrogens with zero attached hydrogens (tertiary/aromatic N) is 1. The van der Waals surface area contributed by atoms with Crippen molar-refractivity contribution < 1.29 is 29.2 Å². The van der Waals surface area contributed by atoms with E-state index < -0.39 is 17.8 Å². The number of rotatable bonds is 6. The third-order valence-electron chi connectivity index (χ3n) is 15.7. The zero-order valence-electron chi connectivity index (χ0n) is 29.2. The summed E-state index contributed by atoms with van der Waals surface area (Å²) in [5.74, 6) is 1.89.